The molecule has 0 unspecified atom stereocenters. The van der Waals surface area contributed by atoms with Gasteiger partial charge in [0.15, 0.2) is 0 Å². The van der Waals surface area contributed by atoms with Crippen LogP contribution in [0, 0.1) is 5.82 Å². The van der Waals surface area contributed by atoms with Crippen LogP contribution in [0.15, 0.2) is 48.5 Å². The van der Waals surface area contributed by atoms with Gasteiger partial charge in [-0.05, 0) is 42.7 Å². The Labute approximate surface area is 170 Å². The summed E-state index contributed by atoms with van der Waals surface area (Å²) in [5, 5.41) is 4.21. The Hall–Kier alpha value is -2.37. The van der Waals surface area contributed by atoms with E-state index >= 15 is 0 Å². The molecule has 1 saturated heterocycles. The van der Waals surface area contributed by atoms with E-state index in [9.17, 15) is 9.18 Å². The van der Waals surface area contributed by atoms with Gasteiger partial charge in [-0.25, -0.2) is 4.39 Å². The number of aromatic nitrogens is 1. The summed E-state index contributed by atoms with van der Waals surface area (Å²) in [4.78, 5) is 18.0. The van der Waals surface area contributed by atoms with Crippen molar-refractivity contribution in [2.75, 3.05) is 19.6 Å². The highest BCUT2D eigenvalue weighted by Crippen LogP contribution is 2.32. The lowest BCUT2D eigenvalue weighted by atomic mass is 10.0. The number of hydrogen-bond acceptors (Lipinski definition) is 2. The van der Waals surface area contributed by atoms with Gasteiger partial charge in [0, 0.05) is 48.7 Å². The number of benzene rings is 2. The van der Waals surface area contributed by atoms with Crippen molar-refractivity contribution in [2.24, 2.45) is 0 Å². The lowest BCUT2D eigenvalue weighted by molar-refractivity contribution is -0.132. The molecule has 0 saturated carbocycles. The van der Waals surface area contributed by atoms with Crippen molar-refractivity contribution in [3.8, 4) is 11.3 Å². The molecule has 4 rings (SSSR count). The number of H-pyrrole nitrogens is 1. The van der Waals surface area contributed by atoms with Gasteiger partial charge in [-0.1, -0.05) is 30.3 Å². The standard InChI is InChI=1S/C22H24FN3O.ClH/c1-15-14-26(12-11-24-15)21(27)10-8-18-19-13-17(23)7-9-20(19)25-22(18)16-5-3-2-4-6-16;/h2-7,9,13,15,24-25H,8,10-12,14H2,1H3;1H/t15-;/m1./s1. The van der Waals surface area contributed by atoms with E-state index in [0.717, 1.165) is 47.4 Å². The van der Waals surface area contributed by atoms with E-state index in [4.69, 9.17) is 0 Å². The Kier molecular flexibility index (Phi) is 6.37. The van der Waals surface area contributed by atoms with E-state index in [1.54, 1.807) is 12.1 Å². The fourth-order valence-corrected chi connectivity index (χ4v) is 3.88. The van der Waals surface area contributed by atoms with E-state index in [-0.39, 0.29) is 24.1 Å². The Balaban J connectivity index is 0.00000225. The van der Waals surface area contributed by atoms with Gasteiger partial charge < -0.3 is 15.2 Å². The van der Waals surface area contributed by atoms with Crippen LogP contribution >= 0.6 is 12.4 Å². The van der Waals surface area contributed by atoms with Crippen molar-refractivity contribution in [1.29, 1.82) is 0 Å². The number of halogens is 2. The largest absolute Gasteiger partial charge is 0.354 e. The molecule has 0 spiro atoms. The SMILES string of the molecule is C[C@@H]1CN(C(=O)CCc2c(-c3ccccc3)[nH]c3ccc(F)cc23)CCN1.Cl. The minimum absolute atomic E-state index is 0. The fraction of sp³-hybridized carbons (Fsp3) is 0.318. The van der Waals surface area contributed by atoms with Crippen LogP contribution in [-0.2, 0) is 11.2 Å². The van der Waals surface area contributed by atoms with Gasteiger partial charge in [-0.3, -0.25) is 4.79 Å². The first kappa shape index (κ1) is 20.4. The molecule has 6 heteroatoms. The average Bonchev–Trinajstić information content (AvgIpc) is 3.04. The number of fused-ring (bicyclic) bond motifs is 1. The highest BCUT2D eigenvalue weighted by molar-refractivity contribution is 5.91. The van der Waals surface area contributed by atoms with E-state index in [1.165, 1.54) is 6.07 Å². The van der Waals surface area contributed by atoms with Gasteiger partial charge in [0.05, 0.1) is 0 Å². The summed E-state index contributed by atoms with van der Waals surface area (Å²) < 4.78 is 13.9. The van der Waals surface area contributed by atoms with Gasteiger partial charge in [0.1, 0.15) is 5.82 Å². The monoisotopic (exact) mass is 401 g/mol. The van der Waals surface area contributed by atoms with Crippen molar-refractivity contribution < 1.29 is 9.18 Å². The van der Waals surface area contributed by atoms with E-state index in [2.05, 4.69) is 17.2 Å². The summed E-state index contributed by atoms with van der Waals surface area (Å²) in [6.45, 7) is 4.42. The molecule has 148 valence electrons. The normalized spacial score (nSPS) is 16.8. The molecule has 28 heavy (non-hydrogen) atoms. The molecule has 3 aromatic rings. The van der Waals surface area contributed by atoms with Gasteiger partial charge >= 0.3 is 0 Å². The van der Waals surface area contributed by atoms with Crippen LogP contribution < -0.4 is 5.32 Å². The summed E-state index contributed by atoms with van der Waals surface area (Å²) in [7, 11) is 0. The molecule has 2 N–H and O–H groups in total. The van der Waals surface area contributed by atoms with Crippen LogP contribution in [0.3, 0.4) is 0 Å². The number of carbonyl (C=O) groups is 1. The van der Waals surface area contributed by atoms with E-state index in [1.807, 2.05) is 35.2 Å². The number of carbonyl (C=O) groups excluding carboxylic acids is 1. The topological polar surface area (TPSA) is 48.1 Å². The molecule has 0 aliphatic carbocycles. The lowest BCUT2D eigenvalue weighted by Crippen LogP contribution is -2.51. The van der Waals surface area contributed by atoms with Crippen LogP contribution in [0.1, 0.15) is 18.9 Å². The second-order valence-corrected chi connectivity index (χ2v) is 7.23. The average molecular weight is 402 g/mol. The first-order chi connectivity index (χ1) is 13.1. The number of nitrogens with one attached hydrogen (secondary N) is 2. The summed E-state index contributed by atoms with van der Waals surface area (Å²) >= 11 is 0. The fourth-order valence-electron chi connectivity index (χ4n) is 3.88. The Bertz CT molecular complexity index is 957. The van der Waals surface area contributed by atoms with E-state index < -0.39 is 0 Å². The molecule has 2 heterocycles. The molecule has 1 amide bonds. The zero-order valence-corrected chi connectivity index (χ0v) is 16.7. The molecule has 1 fully saturated rings. The second kappa shape index (κ2) is 8.76. The minimum atomic E-state index is -0.260. The number of rotatable bonds is 4. The number of piperazine rings is 1. The predicted octanol–water partition coefficient (Wildman–Crippen LogP) is 4.15. The molecule has 2 aromatic carbocycles. The Morgan fingerprint density at radius 2 is 2.00 bits per heavy atom. The van der Waals surface area contributed by atoms with Crippen molar-refractivity contribution >= 4 is 29.2 Å². The third-order valence-electron chi connectivity index (χ3n) is 5.24. The summed E-state index contributed by atoms with van der Waals surface area (Å²) in [6.07, 6.45) is 1.01. The molecular formula is C22H25ClFN3O. The molecule has 4 nitrogen and oxygen atoms in total. The van der Waals surface area contributed by atoms with Crippen molar-refractivity contribution in [1.82, 2.24) is 15.2 Å². The second-order valence-electron chi connectivity index (χ2n) is 7.23. The van der Waals surface area contributed by atoms with Gasteiger partial charge in [0.2, 0.25) is 5.91 Å². The number of amides is 1. The van der Waals surface area contributed by atoms with Crippen LogP contribution in [0.25, 0.3) is 22.2 Å². The summed E-state index contributed by atoms with van der Waals surface area (Å²) in [5.74, 6) is -0.0993. The van der Waals surface area contributed by atoms with Crippen molar-refractivity contribution in [2.45, 2.75) is 25.8 Å². The maximum atomic E-state index is 13.9. The number of nitrogens with zero attached hydrogens (tertiary/aromatic N) is 1. The van der Waals surface area contributed by atoms with Crippen LogP contribution in [0.5, 0.6) is 0 Å². The zero-order valence-electron chi connectivity index (χ0n) is 15.9. The van der Waals surface area contributed by atoms with Crippen molar-refractivity contribution in [3.63, 3.8) is 0 Å². The molecule has 0 bridgehead atoms. The number of aryl methyl sites for hydroxylation is 1. The first-order valence-corrected chi connectivity index (χ1v) is 9.48. The predicted molar refractivity (Wildman–Crippen MR) is 113 cm³/mol. The quantitative estimate of drug-likeness (QED) is 0.690. The molecule has 1 aromatic heterocycles. The Morgan fingerprint density at radius 3 is 2.75 bits per heavy atom. The van der Waals surface area contributed by atoms with Gasteiger partial charge in [0.25, 0.3) is 0 Å². The Morgan fingerprint density at radius 1 is 1.21 bits per heavy atom. The molecule has 1 atom stereocenters. The third-order valence-corrected chi connectivity index (χ3v) is 5.24. The third kappa shape index (κ3) is 4.21. The molecule has 0 radical (unpaired) electrons. The maximum Gasteiger partial charge on any atom is 0.222 e. The summed E-state index contributed by atoms with van der Waals surface area (Å²) in [6, 6.07) is 15.1. The maximum absolute atomic E-state index is 13.9. The van der Waals surface area contributed by atoms with E-state index in [0.29, 0.717) is 18.9 Å². The zero-order chi connectivity index (χ0) is 18.8. The molecule has 1 aliphatic heterocycles. The van der Waals surface area contributed by atoms with Crippen LogP contribution in [0.2, 0.25) is 0 Å². The van der Waals surface area contributed by atoms with Gasteiger partial charge in [-0.15, -0.1) is 12.4 Å². The molecule has 1 aliphatic rings. The minimum Gasteiger partial charge on any atom is -0.354 e. The van der Waals surface area contributed by atoms with Crippen LogP contribution in [-0.4, -0.2) is 41.5 Å². The van der Waals surface area contributed by atoms with Crippen molar-refractivity contribution in [3.05, 3.63) is 59.9 Å². The number of aromatic amines is 1. The lowest BCUT2D eigenvalue weighted by Gasteiger charge is -2.32. The highest BCUT2D eigenvalue weighted by Gasteiger charge is 2.21. The van der Waals surface area contributed by atoms with Gasteiger partial charge in [-0.2, -0.15) is 0 Å². The first-order valence-electron chi connectivity index (χ1n) is 9.48. The summed E-state index contributed by atoms with van der Waals surface area (Å²) in [5.41, 5.74) is 3.92. The smallest absolute Gasteiger partial charge is 0.222 e. The highest BCUT2D eigenvalue weighted by atomic mass is 35.5. The molecular weight excluding hydrogens is 377 g/mol. The number of hydrogen-bond donors (Lipinski definition) is 2. The van der Waals surface area contributed by atoms with Crippen LogP contribution in [0.4, 0.5) is 4.39 Å².